The lowest BCUT2D eigenvalue weighted by Crippen LogP contribution is -2.36. The Morgan fingerprint density at radius 3 is 2.21 bits per heavy atom. The van der Waals surface area contributed by atoms with Crippen LogP contribution < -0.4 is 0 Å². The van der Waals surface area contributed by atoms with E-state index in [1.54, 1.807) is 0 Å². The van der Waals surface area contributed by atoms with Crippen molar-refractivity contribution in [2.24, 2.45) is 11.3 Å². The molecule has 0 aliphatic carbocycles. The molecule has 0 radical (unpaired) electrons. The van der Waals surface area contributed by atoms with Gasteiger partial charge >= 0.3 is 0 Å². The lowest BCUT2D eigenvalue weighted by atomic mass is 9.91. The van der Waals surface area contributed by atoms with Crippen molar-refractivity contribution in [3.63, 3.8) is 0 Å². The Balaban J connectivity index is 2.16. The fourth-order valence-electron chi connectivity index (χ4n) is 1.89. The first-order chi connectivity index (χ1) is 6.51. The first-order valence-electron chi connectivity index (χ1n) is 5.84. The minimum Gasteiger partial charge on any atom is -0.396 e. The fraction of sp³-hybridized carbons (Fsp3) is 1.00. The lowest BCUT2D eigenvalue weighted by molar-refractivity contribution is 0.122. The van der Waals surface area contributed by atoms with Gasteiger partial charge in [-0.3, -0.25) is 0 Å². The highest BCUT2D eigenvalue weighted by atomic mass is 16.3. The van der Waals surface area contributed by atoms with E-state index in [1.807, 2.05) is 0 Å². The Bertz CT molecular complexity index is 154. The summed E-state index contributed by atoms with van der Waals surface area (Å²) in [5, 5.41) is 9.02. The molecule has 0 aromatic carbocycles. The van der Waals surface area contributed by atoms with Crippen LogP contribution in [0, 0.1) is 11.3 Å². The summed E-state index contributed by atoms with van der Waals surface area (Å²) in [5.41, 5.74) is 0.452. The van der Waals surface area contributed by atoms with E-state index in [0.717, 1.165) is 0 Å². The summed E-state index contributed by atoms with van der Waals surface area (Å²) in [6.07, 6.45) is 3.64. The smallest absolute Gasteiger partial charge is 0.0460 e. The van der Waals surface area contributed by atoms with E-state index in [0.29, 0.717) is 17.9 Å². The van der Waals surface area contributed by atoms with Gasteiger partial charge in [-0.25, -0.2) is 0 Å². The molecular formula is C12H25NO. The topological polar surface area (TPSA) is 23.5 Å². The van der Waals surface area contributed by atoms with Crippen molar-refractivity contribution < 1.29 is 5.11 Å². The van der Waals surface area contributed by atoms with Crippen LogP contribution in [0.1, 0.15) is 40.0 Å². The van der Waals surface area contributed by atoms with Gasteiger partial charge in [0.1, 0.15) is 0 Å². The van der Waals surface area contributed by atoms with Gasteiger partial charge in [0.05, 0.1) is 0 Å². The van der Waals surface area contributed by atoms with Gasteiger partial charge in [0, 0.05) is 6.61 Å². The molecule has 1 N–H and O–H groups in total. The number of rotatable bonds is 3. The van der Waals surface area contributed by atoms with Crippen molar-refractivity contribution in [2.45, 2.75) is 40.0 Å². The maximum atomic E-state index is 9.02. The molecule has 0 atom stereocenters. The Labute approximate surface area is 88.3 Å². The fourth-order valence-corrected chi connectivity index (χ4v) is 1.89. The lowest BCUT2D eigenvalue weighted by Gasteiger charge is -2.32. The molecule has 14 heavy (non-hydrogen) atoms. The number of hydrogen-bond donors (Lipinski definition) is 1. The molecule has 1 aliphatic rings. The molecule has 1 heterocycles. The second kappa shape index (κ2) is 5.13. The molecule has 0 aromatic heterocycles. The van der Waals surface area contributed by atoms with E-state index in [9.17, 15) is 0 Å². The van der Waals surface area contributed by atoms with Gasteiger partial charge in [0.15, 0.2) is 0 Å². The predicted octanol–water partition coefficient (Wildman–Crippen LogP) is 2.13. The summed E-state index contributed by atoms with van der Waals surface area (Å²) in [7, 11) is 0. The van der Waals surface area contributed by atoms with Crippen LogP contribution in [0.15, 0.2) is 0 Å². The second-order valence-corrected chi connectivity index (χ2v) is 5.78. The molecule has 1 saturated heterocycles. The number of aliphatic hydroxyl groups excluding tert-OH is 1. The van der Waals surface area contributed by atoms with Crippen LogP contribution in [0.4, 0.5) is 0 Å². The zero-order chi connectivity index (χ0) is 10.6. The monoisotopic (exact) mass is 199 g/mol. The first-order valence-corrected chi connectivity index (χ1v) is 5.84. The second-order valence-electron chi connectivity index (χ2n) is 5.78. The summed E-state index contributed by atoms with van der Waals surface area (Å²) in [6.45, 7) is 10.9. The van der Waals surface area contributed by atoms with Gasteiger partial charge in [0.2, 0.25) is 0 Å². The summed E-state index contributed by atoms with van der Waals surface area (Å²) in [6, 6.07) is 0. The minimum absolute atomic E-state index is 0.382. The number of piperidine rings is 1. The Morgan fingerprint density at radius 1 is 1.21 bits per heavy atom. The molecule has 2 nitrogen and oxygen atoms in total. The van der Waals surface area contributed by atoms with Gasteiger partial charge in [-0.15, -0.1) is 0 Å². The van der Waals surface area contributed by atoms with Gasteiger partial charge in [-0.05, 0) is 50.2 Å². The number of likely N-dealkylation sites (tertiary alicyclic amines) is 1. The maximum Gasteiger partial charge on any atom is 0.0460 e. The highest BCUT2D eigenvalue weighted by molar-refractivity contribution is 4.73. The third kappa shape index (κ3) is 4.43. The van der Waals surface area contributed by atoms with E-state index in [4.69, 9.17) is 5.11 Å². The molecule has 0 spiro atoms. The number of aliphatic hydroxyl groups is 1. The molecule has 1 fully saturated rings. The molecule has 0 aromatic rings. The summed E-state index contributed by atoms with van der Waals surface area (Å²) >= 11 is 0. The van der Waals surface area contributed by atoms with Crippen LogP contribution in [0.25, 0.3) is 0 Å². The van der Waals surface area contributed by atoms with Crippen LogP contribution in [0.3, 0.4) is 0 Å². The van der Waals surface area contributed by atoms with Crippen molar-refractivity contribution in [2.75, 3.05) is 26.2 Å². The summed E-state index contributed by atoms with van der Waals surface area (Å²) < 4.78 is 0. The molecule has 0 amide bonds. The predicted molar refractivity (Wildman–Crippen MR) is 60.3 cm³/mol. The van der Waals surface area contributed by atoms with Crippen LogP contribution in [0.5, 0.6) is 0 Å². The van der Waals surface area contributed by atoms with Crippen molar-refractivity contribution in [1.29, 1.82) is 0 Å². The Hall–Kier alpha value is -0.0800. The quantitative estimate of drug-likeness (QED) is 0.752. The molecule has 84 valence electrons. The SMILES string of the molecule is CC(C)(C)CCN1CCC(CO)CC1. The van der Waals surface area contributed by atoms with Gasteiger partial charge in [-0.2, -0.15) is 0 Å². The molecular weight excluding hydrogens is 174 g/mol. The van der Waals surface area contributed by atoms with Crippen molar-refractivity contribution in [1.82, 2.24) is 4.90 Å². The van der Waals surface area contributed by atoms with Crippen molar-refractivity contribution in [3.05, 3.63) is 0 Å². The molecule has 1 rings (SSSR count). The van der Waals surface area contributed by atoms with Gasteiger partial charge in [0.25, 0.3) is 0 Å². The van der Waals surface area contributed by atoms with E-state index in [2.05, 4.69) is 25.7 Å². The van der Waals surface area contributed by atoms with Crippen LogP contribution >= 0.6 is 0 Å². The highest BCUT2D eigenvalue weighted by Gasteiger charge is 2.19. The molecule has 0 unspecified atom stereocenters. The molecule has 0 saturated carbocycles. The Morgan fingerprint density at radius 2 is 1.79 bits per heavy atom. The summed E-state index contributed by atoms with van der Waals surface area (Å²) in [5.74, 6) is 0.570. The summed E-state index contributed by atoms with van der Waals surface area (Å²) in [4.78, 5) is 2.54. The third-order valence-corrected chi connectivity index (χ3v) is 3.14. The van der Waals surface area contributed by atoms with E-state index in [1.165, 1.54) is 38.9 Å². The first kappa shape index (κ1) is 12.0. The molecule has 1 aliphatic heterocycles. The van der Waals surface area contributed by atoms with Crippen LogP contribution in [-0.4, -0.2) is 36.2 Å². The zero-order valence-corrected chi connectivity index (χ0v) is 9.92. The normalized spacial score (nSPS) is 21.4. The molecule has 2 heteroatoms. The number of hydrogen-bond acceptors (Lipinski definition) is 2. The standard InChI is InChI=1S/C12H25NO/c1-12(2,3)6-9-13-7-4-11(10-14)5-8-13/h11,14H,4-10H2,1-3H3. The van der Waals surface area contributed by atoms with Crippen molar-refractivity contribution in [3.8, 4) is 0 Å². The highest BCUT2D eigenvalue weighted by Crippen LogP contribution is 2.21. The average Bonchev–Trinajstić information content (AvgIpc) is 2.14. The van der Waals surface area contributed by atoms with Crippen molar-refractivity contribution >= 4 is 0 Å². The van der Waals surface area contributed by atoms with Crippen LogP contribution in [-0.2, 0) is 0 Å². The maximum absolute atomic E-state index is 9.02. The number of nitrogens with zero attached hydrogens (tertiary/aromatic N) is 1. The average molecular weight is 199 g/mol. The van der Waals surface area contributed by atoms with E-state index in [-0.39, 0.29) is 0 Å². The van der Waals surface area contributed by atoms with Gasteiger partial charge in [-0.1, -0.05) is 20.8 Å². The zero-order valence-electron chi connectivity index (χ0n) is 9.92. The van der Waals surface area contributed by atoms with E-state index < -0.39 is 0 Å². The largest absolute Gasteiger partial charge is 0.396 e. The van der Waals surface area contributed by atoms with E-state index >= 15 is 0 Å². The van der Waals surface area contributed by atoms with Gasteiger partial charge < -0.3 is 10.0 Å². The Kier molecular flexibility index (Phi) is 4.39. The third-order valence-electron chi connectivity index (χ3n) is 3.14. The van der Waals surface area contributed by atoms with Crippen LogP contribution in [0.2, 0.25) is 0 Å². The molecule has 0 bridgehead atoms. The minimum atomic E-state index is 0.382.